The maximum atomic E-state index is 12.8. The average molecular weight is 326 g/mol. The van der Waals surface area contributed by atoms with Gasteiger partial charge in [-0.2, -0.15) is 0 Å². The van der Waals surface area contributed by atoms with Crippen molar-refractivity contribution in [3.05, 3.63) is 71.2 Å². The Morgan fingerprint density at radius 3 is 2.71 bits per heavy atom. The number of aryl methyl sites for hydroxylation is 2. The third-order valence-electron chi connectivity index (χ3n) is 4.14. The molecule has 1 aromatic carbocycles. The Labute approximate surface area is 144 Å². The van der Waals surface area contributed by atoms with Gasteiger partial charge in [-0.05, 0) is 44.1 Å². The van der Waals surface area contributed by atoms with E-state index < -0.39 is 0 Å². The fraction of sp³-hybridized carbons (Fsp3) is 0.350. The Kier molecular flexibility index (Phi) is 6.24. The molecule has 1 aliphatic rings. The summed E-state index contributed by atoms with van der Waals surface area (Å²) in [6.07, 6.45) is 9.80. The molecule has 1 heterocycles. The summed E-state index contributed by atoms with van der Waals surface area (Å²) in [5.41, 5.74) is 9.29. The largest absolute Gasteiger partial charge is 0.496 e. The van der Waals surface area contributed by atoms with Gasteiger partial charge < -0.3 is 15.4 Å². The summed E-state index contributed by atoms with van der Waals surface area (Å²) in [4.78, 5) is 14.6. The lowest BCUT2D eigenvalue weighted by atomic mass is 10.0. The number of hydrogen-bond acceptors (Lipinski definition) is 3. The highest BCUT2D eigenvalue weighted by atomic mass is 16.5. The van der Waals surface area contributed by atoms with Gasteiger partial charge in [0.25, 0.3) is 5.91 Å². The number of allylic oxidation sites excluding steroid dienone is 4. The van der Waals surface area contributed by atoms with Crippen molar-refractivity contribution in [2.45, 2.75) is 33.3 Å². The standard InChI is InChI=1S/C20H26N2O2/c1-4-5-9-17(21)11-13-24-18-10-12-22(14-18)20(23)19-15(2)7-6-8-16(19)3/h4-9,11,13,18H,10,12,14,21H2,1-3H3/b5-4-,13-11+,17-9+/t18-/m0/s1. The molecule has 4 nitrogen and oxygen atoms in total. The fourth-order valence-corrected chi connectivity index (χ4v) is 2.83. The smallest absolute Gasteiger partial charge is 0.254 e. The van der Waals surface area contributed by atoms with E-state index >= 15 is 0 Å². The van der Waals surface area contributed by atoms with Gasteiger partial charge in [-0.1, -0.05) is 30.4 Å². The van der Waals surface area contributed by atoms with Gasteiger partial charge in [-0.3, -0.25) is 4.79 Å². The minimum absolute atomic E-state index is 0.0176. The Morgan fingerprint density at radius 1 is 1.33 bits per heavy atom. The number of ether oxygens (including phenoxy) is 1. The molecule has 0 aromatic heterocycles. The summed E-state index contributed by atoms with van der Waals surface area (Å²) < 4.78 is 5.71. The molecule has 0 aliphatic carbocycles. The Morgan fingerprint density at radius 2 is 2.04 bits per heavy atom. The lowest BCUT2D eigenvalue weighted by Crippen LogP contribution is -2.31. The first kappa shape index (κ1) is 17.9. The summed E-state index contributed by atoms with van der Waals surface area (Å²) in [6.45, 7) is 7.22. The van der Waals surface area contributed by atoms with E-state index in [1.807, 2.05) is 62.1 Å². The second-order valence-corrected chi connectivity index (χ2v) is 6.06. The summed E-state index contributed by atoms with van der Waals surface area (Å²) >= 11 is 0. The molecule has 0 saturated carbocycles. The monoisotopic (exact) mass is 326 g/mol. The van der Waals surface area contributed by atoms with Crippen LogP contribution < -0.4 is 5.73 Å². The van der Waals surface area contributed by atoms with Crippen LogP contribution in [0.3, 0.4) is 0 Å². The van der Waals surface area contributed by atoms with Gasteiger partial charge in [0.2, 0.25) is 0 Å². The predicted molar refractivity (Wildman–Crippen MR) is 97.5 cm³/mol. The minimum Gasteiger partial charge on any atom is -0.496 e. The number of nitrogens with zero attached hydrogens (tertiary/aromatic N) is 1. The molecule has 0 radical (unpaired) electrons. The molecule has 2 N–H and O–H groups in total. The number of nitrogens with two attached hydrogens (primary N) is 1. The van der Waals surface area contributed by atoms with Crippen LogP contribution in [0.2, 0.25) is 0 Å². The summed E-state index contributed by atoms with van der Waals surface area (Å²) in [7, 11) is 0. The topological polar surface area (TPSA) is 55.6 Å². The number of carbonyl (C=O) groups excluding carboxylic acids is 1. The third kappa shape index (κ3) is 4.51. The lowest BCUT2D eigenvalue weighted by molar-refractivity contribution is 0.0755. The van der Waals surface area contributed by atoms with E-state index in [4.69, 9.17) is 10.5 Å². The molecular weight excluding hydrogens is 300 g/mol. The molecule has 2 rings (SSSR count). The zero-order valence-electron chi connectivity index (χ0n) is 14.7. The second kappa shape index (κ2) is 8.39. The van der Waals surface area contributed by atoms with E-state index in [0.29, 0.717) is 12.2 Å². The second-order valence-electron chi connectivity index (χ2n) is 6.06. The molecule has 1 aromatic rings. The van der Waals surface area contributed by atoms with Gasteiger partial charge in [0.05, 0.1) is 12.8 Å². The van der Waals surface area contributed by atoms with Crippen LogP contribution in [0.5, 0.6) is 0 Å². The van der Waals surface area contributed by atoms with Crippen molar-refractivity contribution < 1.29 is 9.53 Å². The number of hydrogen-bond donors (Lipinski definition) is 1. The molecule has 24 heavy (non-hydrogen) atoms. The van der Waals surface area contributed by atoms with Crippen LogP contribution in [0.15, 0.2) is 54.5 Å². The van der Waals surface area contributed by atoms with Gasteiger partial charge in [-0.25, -0.2) is 0 Å². The number of likely N-dealkylation sites (tertiary alicyclic amines) is 1. The molecule has 1 amide bonds. The molecule has 128 valence electrons. The Balaban J connectivity index is 1.93. The molecule has 1 saturated heterocycles. The van der Waals surface area contributed by atoms with Crippen molar-refractivity contribution in [1.82, 2.24) is 4.90 Å². The SMILES string of the molecule is C\C=C/C=C(N)\C=C\O[C@H]1CCN(C(=O)c2c(C)cccc2C)C1. The van der Waals surface area contributed by atoms with Crippen LogP contribution in [0.25, 0.3) is 0 Å². The minimum atomic E-state index is 0.0176. The van der Waals surface area contributed by atoms with Crippen molar-refractivity contribution >= 4 is 5.91 Å². The first-order valence-corrected chi connectivity index (χ1v) is 8.29. The van der Waals surface area contributed by atoms with Crippen LogP contribution in [0, 0.1) is 13.8 Å². The lowest BCUT2D eigenvalue weighted by Gasteiger charge is -2.19. The van der Waals surface area contributed by atoms with E-state index in [-0.39, 0.29) is 12.0 Å². The van der Waals surface area contributed by atoms with E-state index in [1.54, 1.807) is 12.3 Å². The zero-order valence-corrected chi connectivity index (χ0v) is 14.7. The van der Waals surface area contributed by atoms with Gasteiger partial charge >= 0.3 is 0 Å². The molecule has 4 heteroatoms. The van der Waals surface area contributed by atoms with E-state index in [9.17, 15) is 4.79 Å². The zero-order chi connectivity index (χ0) is 17.5. The normalized spacial score (nSPS) is 18.7. The van der Waals surface area contributed by atoms with E-state index in [0.717, 1.165) is 29.7 Å². The highest BCUT2D eigenvalue weighted by molar-refractivity contribution is 5.97. The van der Waals surface area contributed by atoms with Gasteiger partial charge in [0, 0.05) is 24.2 Å². The molecule has 1 atom stereocenters. The molecule has 0 bridgehead atoms. The summed E-state index contributed by atoms with van der Waals surface area (Å²) in [6, 6.07) is 5.94. The number of rotatable bonds is 5. The van der Waals surface area contributed by atoms with Crippen molar-refractivity contribution in [2.75, 3.05) is 13.1 Å². The van der Waals surface area contributed by atoms with E-state index in [1.165, 1.54) is 0 Å². The maximum absolute atomic E-state index is 12.8. The van der Waals surface area contributed by atoms with Crippen molar-refractivity contribution in [3.8, 4) is 0 Å². The van der Waals surface area contributed by atoms with E-state index in [2.05, 4.69) is 0 Å². The summed E-state index contributed by atoms with van der Waals surface area (Å²) in [5.74, 6) is 0.0909. The summed E-state index contributed by atoms with van der Waals surface area (Å²) in [5, 5.41) is 0. The average Bonchev–Trinajstić information content (AvgIpc) is 3.01. The van der Waals surface area contributed by atoms with Crippen molar-refractivity contribution in [2.24, 2.45) is 5.73 Å². The van der Waals surface area contributed by atoms with Crippen molar-refractivity contribution in [3.63, 3.8) is 0 Å². The Bertz CT molecular complexity index is 654. The highest BCUT2D eigenvalue weighted by Gasteiger charge is 2.28. The molecule has 1 fully saturated rings. The first-order valence-electron chi connectivity index (χ1n) is 8.29. The van der Waals surface area contributed by atoms with Crippen LogP contribution in [-0.4, -0.2) is 30.0 Å². The number of benzene rings is 1. The number of amides is 1. The van der Waals surface area contributed by atoms with Crippen LogP contribution >= 0.6 is 0 Å². The predicted octanol–water partition coefficient (Wildman–Crippen LogP) is 3.47. The van der Waals surface area contributed by atoms with Crippen molar-refractivity contribution in [1.29, 1.82) is 0 Å². The van der Waals surface area contributed by atoms with Crippen LogP contribution in [0.4, 0.5) is 0 Å². The Hall–Kier alpha value is -2.49. The fourth-order valence-electron chi connectivity index (χ4n) is 2.83. The molecular formula is C20H26N2O2. The van der Waals surface area contributed by atoms with Gasteiger partial charge in [0.15, 0.2) is 0 Å². The molecule has 0 unspecified atom stereocenters. The molecule has 1 aliphatic heterocycles. The third-order valence-corrected chi connectivity index (χ3v) is 4.14. The van der Waals surface area contributed by atoms with Crippen LogP contribution in [0.1, 0.15) is 34.8 Å². The molecule has 0 spiro atoms. The highest BCUT2D eigenvalue weighted by Crippen LogP contribution is 2.20. The maximum Gasteiger partial charge on any atom is 0.254 e. The van der Waals surface area contributed by atoms with Gasteiger partial charge in [0.1, 0.15) is 6.10 Å². The quantitative estimate of drug-likeness (QED) is 0.666. The van der Waals surface area contributed by atoms with Crippen LogP contribution in [-0.2, 0) is 4.74 Å². The van der Waals surface area contributed by atoms with Gasteiger partial charge in [-0.15, -0.1) is 0 Å². The first-order chi connectivity index (χ1) is 11.5. The number of carbonyl (C=O) groups is 1.